The van der Waals surface area contributed by atoms with Crippen LogP contribution in [0, 0.1) is 0 Å². The van der Waals surface area contributed by atoms with Gasteiger partial charge in [0.15, 0.2) is 11.1 Å². The maximum absolute atomic E-state index is 5.75. The maximum atomic E-state index is 5.75. The van der Waals surface area contributed by atoms with Gasteiger partial charge in [0.1, 0.15) is 23.8 Å². The lowest BCUT2D eigenvalue weighted by Crippen LogP contribution is -2.30. The number of pyridine rings is 1. The summed E-state index contributed by atoms with van der Waals surface area (Å²) in [4.78, 5) is 13.6. The minimum atomic E-state index is 0.401. The summed E-state index contributed by atoms with van der Waals surface area (Å²) >= 11 is 1.51. The van der Waals surface area contributed by atoms with Gasteiger partial charge in [-0.05, 0) is 55.5 Å². The Hall–Kier alpha value is -3.65. The van der Waals surface area contributed by atoms with E-state index in [1.165, 1.54) is 11.3 Å². The van der Waals surface area contributed by atoms with Gasteiger partial charge < -0.3 is 19.8 Å². The van der Waals surface area contributed by atoms with Crippen LogP contribution in [0.3, 0.4) is 0 Å². The minimum absolute atomic E-state index is 0.401. The van der Waals surface area contributed by atoms with E-state index in [2.05, 4.69) is 20.6 Å². The average molecular weight is 434 g/mol. The molecule has 0 aliphatic rings. The molecule has 0 saturated heterocycles. The molecule has 31 heavy (non-hydrogen) atoms. The minimum Gasteiger partial charge on any atom is -0.486 e. The van der Waals surface area contributed by atoms with E-state index in [1.54, 1.807) is 13.3 Å². The molecule has 1 aromatic carbocycles. The van der Waals surface area contributed by atoms with Crippen molar-refractivity contribution in [2.45, 2.75) is 13.5 Å². The molecule has 4 rings (SSSR count). The highest BCUT2D eigenvalue weighted by atomic mass is 32.1. The summed E-state index contributed by atoms with van der Waals surface area (Å²) < 4.78 is 11.0. The number of guanidine groups is 1. The van der Waals surface area contributed by atoms with Crippen LogP contribution in [0.4, 0.5) is 5.13 Å². The molecule has 0 fully saturated rings. The Morgan fingerprint density at radius 2 is 1.87 bits per heavy atom. The van der Waals surface area contributed by atoms with E-state index in [9.17, 15) is 0 Å². The summed E-state index contributed by atoms with van der Waals surface area (Å²) in [5, 5.41) is 9.10. The van der Waals surface area contributed by atoms with Crippen molar-refractivity contribution in [3.05, 3.63) is 72.0 Å². The predicted octanol–water partition coefficient (Wildman–Crippen LogP) is 5.05. The molecule has 3 aromatic heterocycles. The molecule has 0 aliphatic heterocycles. The molecule has 0 amide bonds. The number of hydrogen-bond donors (Lipinski definition) is 2. The zero-order chi connectivity index (χ0) is 21.5. The Balaban J connectivity index is 1.46. The number of rotatable bonds is 7. The Morgan fingerprint density at radius 3 is 2.61 bits per heavy atom. The topological polar surface area (TPSA) is 84.6 Å². The van der Waals surface area contributed by atoms with Gasteiger partial charge in [-0.3, -0.25) is 4.99 Å². The molecule has 8 heteroatoms. The van der Waals surface area contributed by atoms with Crippen LogP contribution in [0.25, 0.3) is 22.6 Å². The highest BCUT2D eigenvalue weighted by Gasteiger charge is 2.09. The van der Waals surface area contributed by atoms with Crippen LogP contribution in [0.1, 0.15) is 12.7 Å². The molecule has 3 heterocycles. The normalized spacial score (nSPS) is 11.4. The predicted molar refractivity (Wildman–Crippen MR) is 124 cm³/mol. The highest BCUT2D eigenvalue weighted by Crippen LogP contribution is 2.27. The maximum Gasteiger partial charge on any atom is 0.197 e. The zero-order valence-electron chi connectivity index (χ0n) is 17.3. The van der Waals surface area contributed by atoms with Crippen molar-refractivity contribution in [1.29, 1.82) is 0 Å². The zero-order valence-corrected chi connectivity index (χ0v) is 18.1. The molecule has 0 radical (unpaired) electrons. The molecule has 0 atom stereocenters. The van der Waals surface area contributed by atoms with E-state index < -0.39 is 0 Å². The number of aromatic nitrogens is 2. The number of nitrogens with one attached hydrogen (secondary N) is 2. The second-order valence-electron chi connectivity index (χ2n) is 6.57. The van der Waals surface area contributed by atoms with Crippen molar-refractivity contribution >= 4 is 22.4 Å². The molecule has 4 aromatic rings. The van der Waals surface area contributed by atoms with E-state index in [4.69, 9.17) is 14.1 Å². The Labute approximate surface area is 184 Å². The largest absolute Gasteiger partial charge is 0.486 e. The summed E-state index contributed by atoms with van der Waals surface area (Å²) in [6.07, 6.45) is 1.64. The first-order valence-electron chi connectivity index (χ1n) is 9.91. The average Bonchev–Trinajstić information content (AvgIpc) is 3.50. The number of anilines is 1. The second-order valence-corrected chi connectivity index (χ2v) is 7.42. The van der Waals surface area contributed by atoms with Gasteiger partial charge in [0.25, 0.3) is 0 Å². The van der Waals surface area contributed by atoms with Crippen LogP contribution >= 0.6 is 11.3 Å². The lowest BCUT2D eigenvalue weighted by atomic mass is 10.1. The first-order chi connectivity index (χ1) is 15.2. The van der Waals surface area contributed by atoms with Gasteiger partial charge >= 0.3 is 0 Å². The molecular weight excluding hydrogens is 410 g/mol. The second kappa shape index (κ2) is 9.90. The fourth-order valence-corrected chi connectivity index (χ4v) is 3.61. The highest BCUT2D eigenvalue weighted by molar-refractivity contribution is 7.14. The van der Waals surface area contributed by atoms with E-state index in [0.29, 0.717) is 12.6 Å². The molecule has 2 N–H and O–H groups in total. The van der Waals surface area contributed by atoms with E-state index >= 15 is 0 Å². The number of hydrogen-bond acceptors (Lipinski definition) is 6. The van der Waals surface area contributed by atoms with Gasteiger partial charge in [-0.1, -0.05) is 6.07 Å². The van der Waals surface area contributed by atoms with Gasteiger partial charge in [0.2, 0.25) is 0 Å². The summed E-state index contributed by atoms with van der Waals surface area (Å²) in [6, 6.07) is 17.5. The fraction of sp³-hybridized carbons (Fsp3) is 0.174. The molecule has 7 nitrogen and oxygen atoms in total. The Kier molecular flexibility index (Phi) is 6.59. The molecule has 0 aliphatic carbocycles. The van der Waals surface area contributed by atoms with Crippen molar-refractivity contribution in [3.8, 4) is 28.4 Å². The van der Waals surface area contributed by atoms with Gasteiger partial charge in [-0.15, -0.1) is 11.3 Å². The number of nitrogens with zero attached hydrogens (tertiary/aromatic N) is 3. The van der Waals surface area contributed by atoms with Crippen molar-refractivity contribution in [1.82, 2.24) is 15.3 Å². The first-order valence-corrected chi connectivity index (χ1v) is 10.8. The van der Waals surface area contributed by atoms with Crippen LogP contribution in [-0.2, 0) is 6.61 Å². The summed E-state index contributed by atoms with van der Waals surface area (Å²) in [5.74, 6) is 2.26. The Bertz CT molecular complexity index is 1140. The molecule has 158 valence electrons. The van der Waals surface area contributed by atoms with Crippen molar-refractivity contribution in [2.24, 2.45) is 4.99 Å². The summed E-state index contributed by atoms with van der Waals surface area (Å²) in [5.41, 5.74) is 3.52. The lowest BCUT2D eigenvalue weighted by Gasteiger charge is -2.07. The SMILES string of the molecule is CCNC(=NC)Nc1nc(-c2cccc(-c3ccc(OCc4ccco4)cc3)n2)cs1. The smallest absolute Gasteiger partial charge is 0.197 e. The third-order valence-electron chi connectivity index (χ3n) is 4.42. The summed E-state index contributed by atoms with van der Waals surface area (Å²) in [7, 11) is 1.73. The monoisotopic (exact) mass is 433 g/mol. The van der Waals surface area contributed by atoms with Crippen molar-refractivity contribution < 1.29 is 9.15 Å². The van der Waals surface area contributed by atoms with E-state index in [-0.39, 0.29) is 0 Å². The molecular formula is C23H23N5O2S. The molecule has 0 unspecified atom stereocenters. The van der Waals surface area contributed by atoms with Crippen LogP contribution in [0.5, 0.6) is 5.75 Å². The summed E-state index contributed by atoms with van der Waals surface area (Å²) in [6.45, 7) is 3.21. The van der Waals surface area contributed by atoms with Crippen molar-refractivity contribution in [2.75, 3.05) is 18.9 Å². The Morgan fingerprint density at radius 1 is 1.03 bits per heavy atom. The quantitative estimate of drug-likeness (QED) is 0.313. The standard InChI is InChI=1S/C23H23N5O2S/c1-3-25-22(24-2)28-23-27-21(15-31-23)20-8-4-7-19(26-20)16-9-11-17(12-10-16)30-14-18-6-5-13-29-18/h4-13,15H,3,14H2,1-2H3,(H2,24,25,27,28). The van der Waals surface area contributed by atoms with Crippen LogP contribution in [0.2, 0.25) is 0 Å². The third kappa shape index (κ3) is 5.29. The van der Waals surface area contributed by atoms with Gasteiger partial charge in [0, 0.05) is 24.5 Å². The van der Waals surface area contributed by atoms with Gasteiger partial charge in [0.05, 0.1) is 17.7 Å². The molecule has 0 saturated carbocycles. The number of ether oxygens (including phenoxy) is 1. The van der Waals surface area contributed by atoms with Crippen molar-refractivity contribution in [3.63, 3.8) is 0 Å². The van der Waals surface area contributed by atoms with Crippen LogP contribution in [-0.4, -0.2) is 29.5 Å². The van der Waals surface area contributed by atoms with Gasteiger partial charge in [-0.2, -0.15) is 0 Å². The third-order valence-corrected chi connectivity index (χ3v) is 5.18. The molecule has 0 spiro atoms. The fourth-order valence-electron chi connectivity index (χ4n) is 2.91. The number of furan rings is 1. The number of thiazole rings is 1. The molecule has 0 bridgehead atoms. The van der Waals surface area contributed by atoms with E-state index in [1.807, 2.05) is 66.9 Å². The number of aliphatic imine (C=N–C) groups is 1. The first kappa shape index (κ1) is 20.6. The van der Waals surface area contributed by atoms with Crippen LogP contribution < -0.4 is 15.4 Å². The van der Waals surface area contributed by atoms with E-state index in [0.717, 1.165) is 45.8 Å². The lowest BCUT2D eigenvalue weighted by molar-refractivity contribution is 0.270. The van der Waals surface area contributed by atoms with Crippen LogP contribution in [0.15, 0.2) is 75.7 Å². The number of benzene rings is 1. The van der Waals surface area contributed by atoms with Gasteiger partial charge in [-0.25, -0.2) is 9.97 Å².